The zero-order chi connectivity index (χ0) is 29.3. The molecule has 10 nitrogen and oxygen atoms in total. The maximum atomic E-state index is 14.4. The normalized spacial score (nSPS) is 11.8. The van der Waals surface area contributed by atoms with Crippen LogP contribution < -0.4 is 16.2 Å². The van der Waals surface area contributed by atoms with Gasteiger partial charge in [0.25, 0.3) is 5.56 Å². The van der Waals surface area contributed by atoms with E-state index in [1.54, 1.807) is 30.3 Å². The fraction of sp³-hybridized carbons (Fsp3) is 0.259. The summed E-state index contributed by atoms with van der Waals surface area (Å²) in [7, 11) is 0. The van der Waals surface area contributed by atoms with E-state index in [4.69, 9.17) is 4.74 Å². The van der Waals surface area contributed by atoms with E-state index in [9.17, 15) is 37.5 Å². The van der Waals surface area contributed by atoms with Crippen molar-refractivity contribution >= 4 is 23.7 Å². The SMILES string of the molecule is CCOC(=O)C(F)(F)C(CO)NC(=O)Cn1c(-c2ccc(F)cc2)ccc(NC(=O)OCc2ccccc2)c1=O. The second-order valence-electron chi connectivity index (χ2n) is 8.36. The fourth-order valence-electron chi connectivity index (χ4n) is 3.58. The Kier molecular flexibility index (Phi) is 10.0. The number of alkyl halides is 2. The summed E-state index contributed by atoms with van der Waals surface area (Å²) >= 11 is 0. The van der Waals surface area contributed by atoms with Crippen LogP contribution in [0.5, 0.6) is 0 Å². The van der Waals surface area contributed by atoms with Crippen molar-refractivity contribution in [2.24, 2.45) is 0 Å². The molecule has 1 unspecified atom stereocenters. The molecular weight excluding hydrogens is 535 g/mol. The van der Waals surface area contributed by atoms with Crippen molar-refractivity contribution in [2.45, 2.75) is 32.0 Å². The molecule has 0 saturated heterocycles. The first-order chi connectivity index (χ1) is 19.1. The molecule has 3 rings (SSSR count). The molecule has 2 amide bonds. The van der Waals surface area contributed by atoms with E-state index in [2.05, 4.69) is 10.1 Å². The lowest BCUT2D eigenvalue weighted by Gasteiger charge is -2.24. The minimum Gasteiger partial charge on any atom is -0.461 e. The van der Waals surface area contributed by atoms with Crippen LogP contribution in [0.3, 0.4) is 0 Å². The van der Waals surface area contributed by atoms with Crippen molar-refractivity contribution in [1.82, 2.24) is 9.88 Å². The van der Waals surface area contributed by atoms with Gasteiger partial charge in [0, 0.05) is 0 Å². The molecule has 13 heteroatoms. The van der Waals surface area contributed by atoms with Crippen molar-refractivity contribution in [3.05, 3.63) is 88.5 Å². The number of benzene rings is 2. The van der Waals surface area contributed by atoms with E-state index < -0.39 is 54.5 Å². The lowest BCUT2D eigenvalue weighted by molar-refractivity contribution is -0.178. The van der Waals surface area contributed by atoms with Crippen molar-refractivity contribution in [2.75, 3.05) is 18.5 Å². The maximum Gasteiger partial charge on any atom is 0.412 e. The summed E-state index contributed by atoms with van der Waals surface area (Å²) in [5, 5.41) is 13.5. The topological polar surface area (TPSA) is 136 Å². The van der Waals surface area contributed by atoms with E-state index in [0.717, 1.165) is 16.7 Å². The van der Waals surface area contributed by atoms with Gasteiger partial charge in [-0.2, -0.15) is 8.78 Å². The van der Waals surface area contributed by atoms with Gasteiger partial charge in [-0.05, 0) is 54.4 Å². The Bertz CT molecular complexity index is 1400. The fourth-order valence-corrected chi connectivity index (χ4v) is 3.58. The Morgan fingerprint density at radius 3 is 2.30 bits per heavy atom. The van der Waals surface area contributed by atoms with E-state index >= 15 is 0 Å². The molecule has 1 atom stereocenters. The van der Waals surface area contributed by atoms with Crippen LogP contribution in [-0.2, 0) is 32.2 Å². The Morgan fingerprint density at radius 1 is 1.00 bits per heavy atom. The molecule has 0 bridgehead atoms. The highest BCUT2D eigenvalue weighted by Gasteiger charge is 2.49. The Hall–Kier alpha value is -4.65. The average molecular weight is 562 g/mol. The number of nitrogens with one attached hydrogen (secondary N) is 2. The molecule has 1 heterocycles. The molecule has 0 aliphatic rings. The summed E-state index contributed by atoms with van der Waals surface area (Å²) in [5.74, 6) is -7.95. The van der Waals surface area contributed by atoms with Gasteiger partial charge in [-0.1, -0.05) is 30.3 Å². The quantitative estimate of drug-likeness (QED) is 0.306. The Balaban J connectivity index is 1.87. The highest BCUT2D eigenvalue weighted by Crippen LogP contribution is 2.22. The number of esters is 1. The summed E-state index contributed by atoms with van der Waals surface area (Å²) in [6.07, 6.45) is -0.971. The molecule has 212 valence electrons. The van der Waals surface area contributed by atoms with Crippen LogP contribution in [0.4, 0.5) is 23.7 Å². The van der Waals surface area contributed by atoms with Crippen LogP contribution in [0.2, 0.25) is 0 Å². The van der Waals surface area contributed by atoms with Crippen LogP contribution in [0, 0.1) is 5.82 Å². The van der Waals surface area contributed by atoms with Crippen molar-refractivity contribution in [1.29, 1.82) is 0 Å². The molecular formula is C27H26F3N3O7. The second-order valence-corrected chi connectivity index (χ2v) is 8.36. The first-order valence-electron chi connectivity index (χ1n) is 12.0. The van der Waals surface area contributed by atoms with Gasteiger partial charge >= 0.3 is 18.0 Å². The number of pyridine rings is 1. The third-order valence-corrected chi connectivity index (χ3v) is 5.57. The largest absolute Gasteiger partial charge is 0.461 e. The molecule has 0 radical (unpaired) electrons. The molecule has 1 aromatic heterocycles. The zero-order valence-electron chi connectivity index (χ0n) is 21.2. The van der Waals surface area contributed by atoms with Gasteiger partial charge in [0.05, 0.1) is 18.9 Å². The number of anilines is 1. The molecule has 0 spiro atoms. The third-order valence-electron chi connectivity index (χ3n) is 5.57. The molecule has 40 heavy (non-hydrogen) atoms. The lowest BCUT2D eigenvalue weighted by Crippen LogP contribution is -2.55. The number of halogens is 3. The monoisotopic (exact) mass is 561 g/mol. The summed E-state index contributed by atoms with van der Waals surface area (Å²) in [4.78, 5) is 50.0. The number of rotatable bonds is 11. The number of carbonyl (C=O) groups is 3. The van der Waals surface area contributed by atoms with Crippen LogP contribution in [0.15, 0.2) is 71.5 Å². The average Bonchev–Trinajstić information content (AvgIpc) is 2.94. The van der Waals surface area contributed by atoms with Crippen LogP contribution in [0.25, 0.3) is 11.3 Å². The molecule has 0 saturated carbocycles. The van der Waals surface area contributed by atoms with E-state index in [-0.39, 0.29) is 24.6 Å². The van der Waals surface area contributed by atoms with Gasteiger partial charge in [0.15, 0.2) is 0 Å². The predicted octanol–water partition coefficient (Wildman–Crippen LogP) is 3.08. The summed E-state index contributed by atoms with van der Waals surface area (Å²) in [6, 6.07) is 13.8. The Morgan fingerprint density at radius 2 is 1.68 bits per heavy atom. The molecule has 3 aromatic rings. The van der Waals surface area contributed by atoms with Crippen LogP contribution >= 0.6 is 0 Å². The van der Waals surface area contributed by atoms with E-state index in [1.165, 1.54) is 31.2 Å². The van der Waals surface area contributed by atoms with Gasteiger partial charge in [0.1, 0.15) is 30.7 Å². The van der Waals surface area contributed by atoms with Crippen molar-refractivity contribution in [3.8, 4) is 11.3 Å². The number of carbonyl (C=O) groups excluding carboxylic acids is 3. The number of amides is 2. The van der Waals surface area contributed by atoms with Gasteiger partial charge in [-0.15, -0.1) is 0 Å². The summed E-state index contributed by atoms with van der Waals surface area (Å²) < 4.78 is 52.6. The van der Waals surface area contributed by atoms with E-state index in [1.807, 2.05) is 5.32 Å². The first kappa shape index (κ1) is 29.9. The minimum atomic E-state index is -4.27. The first-order valence-corrected chi connectivity index (χ1v) is 12.0. The second kappa shape index (κ2) is 13.4. The maximum absolute atomic E-state index is 14.4. The van der Waals surface area contributed by atoms with Gasteiger partial charge in [0.2, 0.25) is 5.91 Å². The third kappa shape index (κ3) is 7.47. The highest BCUT2D eigenvalue weighted by molar-refractivity contribution is 5.85. The molecule has 2 aromatic carbocycles. The highest BCUT2D eigenvalue weighted by atomic mass is 19.3. The molecule has 0 aliphatic carbocycles. The van der Waals surface area contributed by atoms with Gasteiger partial charge in [-0.25, -0.2) is 14.0 Å². The number of hydrogen-bond acceptors (Lipinski definition) is 7. The summed E-state index contributed by atoms with van der Waals surface area (Å²) in [6.45, 7) is -1.32. The predicted molar refractivity (Wildman–Crippen MR) is 137 cm³/mol. The lowest BCUT2D eigenvalue weighted by atomic mass is 10.1. The minimum absolute atomic E-state index is 0.0843. The number of aliphatic hydroxyl groups is 1. The standard InChI is InChI=1S/C27H26F3N3O7/c1-2-39-25(37)27(29,30)22(15-34)32-23(35)14-33-21(18-8-10-19(28)11-9-18)13-12-20(24(33)36)31-26(38)40-16-17-6-4-3-5-7-17/h3-13,22,34H,2,14-16H2,1H3,(H,31,38)(H,32,35). The number of hydrogen-bond donors (Lipinski definition) is 3. The van der Waals surface area contributed by atoms with Crippen LogP contribution in [-0.4, -0.2) is 52.8 Å². The number of ether oxygens (including phenoxy) is 2. The molecule has 3 N–H and O–H groups in total. The van der Waals surface area contributed by atoms with Crippen molar-refractivity contribution < 1.29 is 42.1 Å². The van der Waals surface area contributed by atoms with Crippen LogP contribution in [0.1, 0.15) is 12.5 Å². The van der Waals surface area contributed by atoms with Crippen molar-refractivity contribution in [3.63, 3.8) is 0 Å². The van der Waals surface area contributed by atoms with Gasteiger partial charge in [-0.3, -0.25) is 19.5 Å². The number of aliphatic hydroxyl groups excluding tert-OH is 1. The number of nitrogens with zero attached hydrogens (tertiary/aromatic N) is 1. The Labute approximate surface area is 226 Å². The van der Waals surface area contributed by atoms with Gasteiger partial charge < -0.3 is 19.9 Å². The molecule has 0 fully saturated rings. The zero-order valence-corrected chi connectivity index (χ0v) is 21.2. The summed E-state index contributed by atoms with van der Waals surface area (Å²) in [5.41, 5.74) is -0.142. The molecule has 0 aliphatic heterocycles. The smallest absolute Gasteiger partial charge is 0.412 e. The number of aromatic nitrogens is 1. The van der Waals surface area contributed by atoms with E-state index in [0.29, 0.717) is 11.1 Å².